The number of rotatable bonds is 7. The van der Waals surface area contributed by atoms with Crippen molar-refractivity contribution < 1.29 is 13.6 Å². The van der Waals surface area contributed by atoms with E-state index >= 15 is 0 Å². The van der Waals surface area contributed by atoms with Gasteiger partial charge in [0.15, 0.2) is 0 Å². The fourth-order valence-electron chi connectivity index (χ4n) is 1.09. The van der Waals surface area contributed by atoms with Crippen molar-refractivity contribution in [2.24, 2.45) is 5.73 Å². The van der Waals surface area contributed by atoms with Gasteiger partial charge in [-0.05, 0) is 6.42 Å². The highest BCUT2D eigenvalue weighted by Crippen LogP contribution is 2.13. The van der Waals surface area contributed by atoms with Gasteiger partial charge < -0.3 is 5.73 Å². The predicted molar refractivity (Wildman–Crippen MR) is 47.7 cm³/mol. The summed E-state index contributed by atoms with van der Waals surface area (Å²) in [5, 5.41) is 0. The van der Waals surface area contributed by atoms with Gasteiger partial charge in [-0.3, -0.25) is 4.79 Å². The minimum Gasteiger partial charge on any atom is -0.367 e. The zero-order valence-electron chi connectivity index (χ0n) is 7.93. The molecular weight excluding hydrogens is 176 g/mol. The maximum absolute atomic E-state index is 12.8. The quantitative estimate of drug-likeness (QED) is 0.618. The second-order valence-corrected chi connectivity index (χ2v) is 3.17. The molecule has 0 radical (unpaired) electrons. The Balaban J connectivity index is 3.50. The van der Waals surface area contributed by atoms with E-state index in [9.17, 15) is 13.6 Å². The highest BCUT2D eigenvalue weighted by molar-refractivity contribution is 5.79. The lowest BCUT2D eigenvalue weighted by Gasteiger charge is -2.09. The highest BCUT2D eigenvalue weighted by Gasteiger charge is 2.24. The SMILES string of the molecule is CCCCCCC(F)C(F)C(N)=O. The lowest BCUT2D eigenvalue weighted by molar-refractivity contribution is -0.125. The van der Waals surface area contributed by atoms with Crippen LogP contribution in [0.3, 0.4) is 0 Å². The van der Waals surface area contributed by atoms with Gasteiger partial charge in [0, 0.05) is 0 Å². The van der Waals surface area contributed by atoms with Gasteiger partial charge in [0.1, 0.15) is 6.17 Å². The van der Waals surface area contributed by atoms with Gasteiger partial charge in [-0.2, -0.15) is 0 Å². The molecule has 1 amide bonds. The first-order valence-corrected chi connectivity index (χ1v) is 4.67. The van der Waals surface area contributed by atoms with Crippen LogP contribution < -0.4 is 5.73 Å². The summed E-state index contributed by atoms with van der Waals surface area (Å²) >= 11 is 0. The summed E-state index contributed by atoms with van der Waals surface area (Å²) in [6.07, 6.45) is -0.225. The topological polar surface area (TPSA) is 43.1 Å². The van der Waals surface area contributed by atoms with E-state index in [4.69, 9.17) is 0 Å². The lowest BCUT2D eigenvalue weighted by Crippen LogP contribution is -2.32. The number of unbranched alkanes of at least 4 members (excludes halogenated alkanes) is 3. The Morgan fingerprint density at radius 1 is 1.31 bits per heavy atom. The molecule has 0 aliphatic rings. The van der Waals surface area contributed by atoms with Crippen molar-refractivity contribution in [1.82, 2.24) is 0 Å². The van der Waals surface area contributed by atoms with E-state index in [0.29, 0.717) is 6.42 Å². The molecule has 0 saturated carbocycles. The predicted octanol–water partition coefficient (Wildman–Crippen LogP) is 2.12. The highest BCUT2D eigenvalue weighted by atomic mass is 19.2. The number of hydrogen-bond donors (Lipinski definition) is 1. The Bertz CT molecular complexity index is 153. The normalized spacial score (nSPS) is 15.3. The minimum atomic E-state index is -2.14. The summed E-state index contributed by atoms with van der Waals surface area (Å²) in [6.45, 7) is 2.04. The Morgan fingerprint density at radius 2 is 1.92 bits per heavy atom. The molecule has 13 heavy (non-hydrogen) atoms. The number of carbonyl (C=O) groups is 1. The Hall–Kier alpha value is -0.670. The fraction of sp³-hybridized carbons (Fsp3) is 0.889. The molecule has 0 aromatic rings. The van der Waals surface area contributed by atoms with Gasteiger partial charge in [-0.25, -0.2) is 8.78 Å². The van der Waals surface area contributed by atoms with E-state index in [1.807, 2.05) is 6.92 Å². The third-order valence-electron chi connectivity index (χ3n) is 1.92. The van der Waals surface area contributed by atoms with Gasteiger partial charge in [0.2, 0.25) is 6.17 Å². The smallest absolute Gasteiger partial charge is 0.255 e. The molecule has 0 spiro atoms. The number of alkyl halides is 2. The lowest BCUT2D eigenvalue weighted by atomic mass is 10.1. The standard InChI is InChI=1S/C9H17F2NO/c1-2-3-4-5-6-7(10)8(11)9(12)13/h7-8H,2-6H2,1H3,(H2,12,13). The van der Waals surface area contributed by atoms with Crippen LogP contribution in [0.2, 0.25) is 0 Å². The van der Waals surface area contributed by atoms with Crippen molar-refractivity contribution in [2.75, 3.05) is 0 Å². The molecule has 4 heteroatoms. The summed E-state index contributed by atoms with van der Waals surface area (Å²) in [7, 11) is 0. The van der Waals surface area contributed by atoms with E-state index in [-0.39, 0.29) is 6.42 Å². The van der Waals surface area contributed by atoms with E-state index < -0.39 is 18.3 Å². The van der Waals surface area contributed by atoms with Crippen LogP contribution in [0.4, 0.5) is 8.78 Å². The zero-order chi connectivity index (χ0) is 10.3. The number of primary amides is 1. The van der Waals surface area contributed by atoms with Crippen molar-refractivity contribution in [3.63, 3.8) is 0 Å². The summed E-state index contributed by atoms with van der Waals surface area (Å²) in [6, 6.07) is 0. The molecule has 0 aromatic heterocycles. The van der Waals surface area contributed by atoms with Crippen LogP contribution in [0, 0.1) is 0 Å². The molecule has 2 atom stereocenters. The number of nitrogens with two attached hydrogens (primary N) is 1. The average Bonchev–Trinajstić information content (AvgIpc) is 2.10. The maximum Gasteiger partial charge on any atom is 0.255 e. The summed E-state index contributed by atoms with van der Waals surface area (Å²) in [4.78, 5) is 10.2. The van der Waals surface area contributed by atoms with Crippen LogP contribution in [0.5, 0.6) is 0 Å². The Labute approximate surface area is 77.5 Å². The summed E-state index contributed by atoms with van der Waals surface area (Å²) < 4.78 is 25.4. The zero-order valence-corrected chi connectivity index (χ0v) is 7.93. The molecule has 0 saturated heterocycles. The maximum atomic E-state index is 12.8. The van der Waals surface area contributed by atoms with E-state index in [0.717, 1.165) is 19.3 Å². The molecule has 2 unspecified atom stereocenters. The number of carbonyl (C=O) groups excluding carboxylic acids is 1. The van der Waals surface area contributed by atoms with Gasteiger partial charge in [-0.15, -0.1) is 0 Å². The van der Waals surface area contributed by atoms with Crippen LogP contribution in [0.25, 0.3) is 0 Å². The molecule has 0 aliphatic heterocycles. The monoisotopic (exact) mass is 193 g/mol. The van der Waals surface area contributed by atoms with Crippen LogP contribution in [0.15, 0.2) is 0 Å². The van der Waals surface area contributed by atoms with Crippen molar-refractivity contribution in [3.8, 4) is 0 Å². The molecule has 2 nitrogen and oxygen atoms in total. The van der Waals surface area contributed by atoms with Gasteiger partial charge in [-0.1, -0.05) is 32.6 Å². The number of halogens is 2. The van der Waals surface area contributed by atoms with E-state index in [1.165, 1.54) is 0 Å². The molecular formula is C9H17F2NO. The van der Waals surface area contributed by atoms with Crippen molar-refractivity contribution in [3.05, 3.63) is 0 Å². The molecule has 0 bridgehead atoms. The average molecular weight is 193 g/mol. The fourth-order valence-corrected chi connectivity index (χ4v) is 1.09. The Kier molecular flexibility index (Phi) is 6.45. The second-order valence-electron chi connectivity index (χ2n) is 3.17. The minimum absolute atomic E-state index is 0.0874. The first kappa shape index (κ1) is 12.3. The first-order chi connectivity index (χ1) is 6.09. The van der Waals surface area contributed by atoms with Crippen molar-refractivity contribution >= 4 is 5.91 Å². The largest absolute Gasteiger partial charge is 0.367 e. The molecule has 0 rings (SSSR count). The van der Waals surface area contributed by atoms with Crippen LogP contribution in [-0.2, 0) is 4.79 Å². The molecule has 0 aliphatic carbocycles. The molecule has 0 aromatic carbocycles. The van der Waals surface area contributed by atoms with Gasteiger partial charge >= 0.3 is 0 Å². The first-order valence-electron chi connectivity index (χ1n) is 4.67. The molecule has 0 fully saturated rings. The van der Waals surface area contributed by atoms with Crippen molar-refractivity contribution in [1.29, 1.82) is 0 Å². The third kappa shape index (κ3) is 5.55. The van der Waals surface area contributed by atoms with Crippen molar-refractivity contribution in [2.45, 2.75) is 51.4 Å². The van der Waals surface area contributed by atoms with Gasteiger partial charge in [0.25, 0.3) is 5.91 Å². The van der Waals surface area contributed by atoms with Gasteiger partial charge in [0.05, 0.1) is 0 Å². The molecule has 0 heterocycles. The van der Waals surface area contributed by atoms with E-state index in [2.05, 4.69) is 5.73 Å². The summed E-state index contributed by atoms with van der Waals surface area (Å²) in [5.74, 6) is -1.21. The van der Waals surface area contributed by atoms with Crippen LogP contribution in [-0.4, -0.2) is 18.3 Å². The van der Waals surface area contributed by atoms with Crippen LogP contribution >= 0.6 is 0 Å². The Morgan fingerprint density at radius 3 is 2.38 bits per heavy atom. The number of hydrogen-bond acceptors (Lipinski definition) is 1. The molecule has 2 N–H and O–H groups in total. The number of amides is 1. The molecule has 78 valence electrons. The second kappa shape index (κ2) is 6.80. The van der Waals surface area contributed by atoms with Crippen LogP contribution in [0.1, 0.15) is 39.0 Å². The summed E-state index contributed by atoms with van der Waals surface area (Å²) in [5.41, 5.74) is 4.61. The van der Waals surface area contributed by atoms with E-state index in [1.54, 1.807) is 0 Å². The third-order valence-corrected chi connectivity index (χ3v) is 1.92.